The Bertz CT molecular complexity index is 804. The summed E-state index contributed by atoms with van der Waals surface area (Å²) in [5.41, 5.74) is 7.31. The monoisotopic (exact) mass is 358 g/mol. The van der Waals surface area contributed by atoms with Crippen LogP contribution in [0.4, 0.5) is 0 Å². The third kappa shape index (κ3) is 4.11. The van der Waals surface area contributed by atoms with Crippen LogP contribution >= 0.6 is 0 Å². The lowest BCUT2D eigenvalue weighted by atomic mass is 9.81. The first-order valence-corrected chi connectivity index (χ1v) is 8.51. The van der Waals surface area contributed by atoms with Crippen molar-refractivity contribution in [3.63, 3.8) is 0 Å². The zero-order valence-electron chi connectivity index (χ0n) is 14.8. The maximum absolute atomic E-state index is 12.1. The number of rotatable bonds is 6. The lowest BCUT2D eigenvalue weighted by molar-refractivity contribution is -0.165. The first-order chi connectivity index (χ1) is 12.2. The van der Waals surface area contributed by atoms with Gasteiger partial charge in [0.15, 0.2) is 0 Å². The van der Waals surface area contributed by atoms with E-state index >= 15 is 0 Å². The third-order valence-corrected chi connectivity index (χ3v) is 4.49. The second kappa shape index (κ2) is 6.92. The number of hydrogen-bond acceptors (Lipinski definition) is 6. The largest absolute Gasteiger partial charge is 0.475 e. The number of hydrogen-bond donors (Lipinski definition) is 2. The molecule has 7 nitrogen and oxygen atoms in total. The number of carboxylic acids is 1. The minimum Gasteiger partial charge on any atom is -0.475 e. The van der Waals surface area contributed by atoms with Crippen LogP contribution in [0, 0.1) is 5.92 Å². The van der Waals surface area contributed by atoms with Crippen molar-refractivity contribution < 1.29 is 24.0 Å². The molecule has 3 rings (SSSR count). The van der Waals surface area contributed by atoms with Gasteiger partial charge in [0.25, 0.3) is 0 Å². The van der Waals surface area contributed by atoms with Gasteiger partial charge in [-0.2, -0.15) is 0 Å². The van der Waals surface area contributed by atoms with Crippen molar-refractivity contribution in [2.75, 3.05) is 0 Å². The number of carboxylic acid groups (broad SMARTS) is 1. The molecule has 1 aliphatic carbocycles. The van der Waals surface area contributed by atoms with Gasteiger partial charge in [0, 0.05) is 24.1 Å². The molecule has 26 heavy (non-hydrogen) atoms. The number of carbonyl (C=O) groups is 2. The molecular formula is C19H22N2O5. The molecule has 0 radical (unpaired) electrons. The molecule has 1 aromatic heterocycles. The predicted octanol–water partition coefficient (Wildman–Crippen LogP) is 2.64. The lowest BCUT2D eigenvalue weighted by Gasteiger charge is -2.34. The standard InChI is InChI=1S/C19H22N2O5/c1-19(2,25-18(24)13-7-14(20)8-13)10-11-3-5-12(6-4-11)15-9-16(17(22)23)26-21-15/h3-6,9,13-14H,7-8,10,20H2,1-2H3,(H,22,23). The summed E-state index contributed by atoms with van der Waals surface area (Å²) in [5.74, 6) is -1.62. The van der Waals surface area contributed by atoms with E-state index < -0.39 is 11.6 Å². The summed E-state index contributed by atoms with van der Waals surface area (Å²) in [5, 5.41) is 12.6. The highest BCUT2D eigenvalue weighted by Crippen LogP contribution is 2.29. The van der Waals surface area contributed by atoms with E-state index in [1.165, 1.54) is 6.07 Å². The quantitative estimate of drug-likeness (QED) is 0.763. The van der Waals surface area contributed by atoms with Crippen LogP contribution in [0.25, 0.3) is 11.3 Å². The number of esters is 1. The molecular weight excluding hydrogens is 336 g/mol. The van der Waals surface area contributed by atoms with Crippen molar-refractivity contribution in [3.8, 4) is 11.3 Å². The number of ether oxygens (including phenoxy) is 1. The SMILES string of the molecule is CC(C)(Cc1ccc(-c2cc(C(=O)O)on2)cc1)OC(=O)C1CC(N)C1. The first kappa shape index (κ1) is 18.1. The van der Waals surface area contributed by atoms with Crippen LogP contribution in [0.15, 0.2) is 34.9 Å². The number of nitrogens with zero attached hydrogens (tertiary/aromatic N) is 1. The van der Waals surface area contributed by atoms with Crippen molar-refractivity contribution in [2.45, 2.75) is 44.8 Å². The van der Waals surface area contributed by atoms with Crippen LogP contribution in [-0.2, 0) is 16.0 Å². The van der Waals surface area contributed by atoms with Gasteiger partial charge in [-0.1, -0.05) is 29.4 Å². The Morgan fingerprint density at radius 2 is 1.96 bits per heavy atom. The molecule has 0 aliphatic heterocycles. The van der Waals surface area contributed by atoms with Crippen molar-refractivity contribution in [1.82, 2.24) is 5.16 Å². The highest BCUT2D eigenvalue weighted by atomic mass is 16.6. The van der Waals surface area contributed by atoms with E-state index in [1.54, 1.807) is 0 Å². The van der Waals surface area contributed by atoms with Gasteiger partial charge in [-0.05, 0) is 32.3 Å². The fraction of sp³-hybridized carbons (Fsp3) is 0.421. The molecule has 0 saturated heterocycles. The number of aromatic nitrogens is 1. The molecule has 7 heteroatoms. The molecule has 2 aromatic rings. The van der Waals surface area contributed by atoms with Gasteiger partial charge in [-0.15, -0.1) is 0 Å². The van der Waals surface area contributed by atoms with E-state index in [-0.39, 0.29) is 23.7 Å². The lowest BCUT2D eigenvalue weighted by Crippen LogP contribution is -2.44. The van der Waals surface area contributed by atoms with Crippen LogP contribution < -0.4 is 5.73 Å². The summed E-state index contributed by atoms with van der Waals surface area (Å²) < 4.78 is 10.4. The van der Waals surface area contributed by atoms with Gasteiger partial charge in [0.2, 0.25) is 5.76 Å². The number of nitrogens with two attached hydrogens (primary N) is 1. The number of carbonyl (C=O) groups excluding carboxylic acids is 1. The zero-order valence-corrected chi connectivity index (χ0v) is 14.8. The van der Waals surface area contributed by atoms with E-state index in [4.69, 9.17) is 20.1 Å². The van der Waals surface area contributed by atoms with E-state index in [2.05, 4.69) is 5.16 Å². The van der Waals surface area contributed by atoms with Gasteiger partial charge >= 0.3 is 11.9 Å². The van der Waals surface area contributed by atoms with E-state index in [0.29, 0.717) is 25.0 Å². The Hall–Kier alpha value is -2.67. The van der Waals surface area contributed by atoms with Gasteiger partial charge < -0.3 is 20.1 Å². The second-order valence-corrected chi connectivity index (χ2v) is 7.36. The molecule has 0 atom stereocenters. The highest BCUT2D eigenvalue weighted by Gasteiger charge is 2.36. The second-order valence-electron chi connectivity index (χ2n) is 7.36. The number of benzene rings is 1. The predicted molar refractivity (Wildman–Crippen MR) is 93.5 cm³/mol. The smallest absolute Gasteiger partial charge is 0.374 e. The summed E-state index contributed by atoms with van der Waals surface area (Å²) in [6.07, 6.45) is 1.95. The van der Waals surface area contributed by atoms with Crippen molar-refractivity contribution in [1.29, 1.82) is 0 Å². The average Bonchev–Trinajstić information content (AvgIpc) is 3.02. The minimum absolute atomic E-state index is 0.0813. The number of aromatic carboxylic acids is 1. The van der Waals surface area contributed by atoms with Gasteiger partial charge in [0.05, 0.1) is 5.92 Å². The Morgan fingerprint density at radius 1 is 1.31 bits per heavy atom. The van der Waals surface area contributed by atoms with E-state index in [0.717, 1.165) is 11.1 Å². The molecule has 0 unspecified atom stereocenters. The summed E-state index contributed by atoms with van der Waals surface area (Å²) in [6.45, 7) is 3.77. The Morgan fingerprint density at radius 3 is 2.50 bits per heavy atom. The Labute approximate surface area is 151 Å². The Balaban J connectivity index is 1.62. The summed E-state index contributed by atoms with van der Waals surface area (Å²) in [4.78, 5) is 23.0. The molecule has 3 N–H and O–H groups in total. The molecule has 0 bridgehead atoms. The van der Waals surface area contributed by atoms with E-state index in [1.807, 2.05) is 38.1 Å². The third-order valence-electron chi connectivity index (χ3n) is 4.49. The molecule has 1 heterocycles. The molecule has 0 spiro atoms. The fourth-order valence-electron chi connectivity index (χ4n) is 3.04. The Kier molecular flexibility index (Phi) is 4.82. The van der Waals surface area contributed by atoms with Gasteiger partial charge in [-0.3, -0.25) is 4.79 Å². The van der Waals surface area contributed by atoms with Crippen LogP contribution in [0.3, 0.4) is 0 Å². The molecule has 138 valence electrons. The normalized spacial score (nSPS) is 19.7. The van der Waals surface area contributed by atoms with E-state index in [9.17, 15) is 9.59 Å². The highest BCUT2D eigenvalue weighted by molar-refractivity contribution is 5.85. The van der Waals surface area contributed by atoms with Crippen LogP contribution in [0.1, 0.15) is 42.8 Å². The zero-order chi connectivity index (χ0) is 18.9. The average molecular weight is 358 g/mol. The van der Waals surface area contributed by atoms with Gasteiger partial charge in [0.1, 0.15) is 11.3 Å². The van der Waals surface area contributed by atoms with Crippen molar-refractivity contribution in [2.24, 2.45) is 11.7 Å². The molecule has 0 amide bonds. The van der Waals surface area contributed by atoms with Gasteiger partial charge in [-0.25, -0.2) is 4.79 Å². The molecule has 1 aliphatic rings. The van der Waals surface area contributed by atoms with Crippen molar-refractivity contribution >= 4 is 11.9 Å². The maximum Gasteiger partial charge on any atom is 0.374 e. The molecule has 1 fully saturated rings. The maximum atomic E-state index is 12.1. The fourth-order valence-corrected chi connectivity index (χ4v) is 3.04. The summed E-state index contributed by atoms with van der Waals surface area (Å²) in [6, 6.07) is 8.97. The topological polar surface area (TPSA) is 116 Å². The van der Waals surface area contributed by atoms with Crippen molar-refractivity contribution in [3.05, 3.63) is 41.7 Å². The summed E-state index contributed by atoms with van der Waals surface area (Å²) in [7, 11) is 0. The summed E-state index contributed by atoms with van der Waals surface area (Å²) >= 11 is 0. The molecule has 1 saturated carbocycles. The van der Waals surface area contributed by atoms with Crippen LogP contribution in [0.2, 0.25) is 0 Å². The van der Waals surface area contributed by atoms with Crippen LogP contribution in [-0.4, -0.2) is 33.8 Å². The van der Waals surface area contributed by atoms with Crippen LogP contribution in [0.5, 0.6) is 0 Å². The molecule has 1 aromatic carbocycles. The minimum atomic E-state index is -1.16. The first-order valence-electron chi connectivity index (χ1n) is 8.51.